The lowest BCUT2D eigenvalue weighted by Gasteiger charge is -2.19. The van der Waals surface area contributed by atoms with Gasteiger partial charge < -0.3 is 20.5 Å². The first-order chi connectivity index (χ1) is 16.9. The molecule has 1 aromatic heterocycles. The van der Waals surface area contributed by atoms with Gasteiger partial charge in [0.05, 0.1) is 6.20 Å². The summed E-state index contributed by atoms with van der Waals surface area (Å²) in [4.78, 5) is 36.6. The van der Waals surface area contributed by atoms with Crippen LogP contribution in [-0.4, -0.2) is 45.5 Å². The molecular weight excluding hydrogens is 448 g/mol. The molecule has 1 unspecified atom stereocenters. The molecule has 1 aliphatic carbocycles. The zero-order chi connectivity index (χ0) is 24.9. The van der Waals surface area contributed by atoms with E-state index >= 15 is 0 Å². The van der Waals surface area contributed by atoms with Crippen LogP contribution < -0.4 is 10.6 Å². The predicted octanol–water partition coefficient (Wildman–Crippen LogP) is 4.15. The monoisotopic (exact) mass is 476 g/mol. The number of carbonyl (C=O) groups excluding carboxylic acids is 2. The van der Waals surface area contributed by atoms with Crippen LogP contribution in [-0.2, 0) is 16.6 Å². The minimum absolute atomic E-state index is 0.0255. The van der Waals surface area contributed by atoms with E-state index in [1.165, 1.54) is 10.9 Å². The molecule has 2 aromatic carbocycles. The van der Waals surface area contributed by atoms with Crippen molar-refractivity contribution >= 4 is 23.8 Å². The zero-order valence-electron chi connectivity index (χ0n) is 19.7. The molecule has 0 fully saturated rings. The average molecular weight is 477 g/mol. The van der Waals surface area contributed by atoms with Crippen molar-refractivity contribution in [2.24, 2.45) is 7.05 Å². The van der Waals surface area contributed by atoms with Crippen LogP contribution in [0.1, 0.15) is 53.6 Å². The normalized spacial score (nSPS) is 13.0. The molecule has 0 aliphatic heterocycles. The van der Waals surface area contributed by atoms with Gasteiger partial charge >= 0.3 is 12.1 Å². The number of nitrogens with zero attached hydrogens (tertiary/aromatic N) is 2. The van der Waals surface area contributed by atoms with Crippen molar-refractivity contribution in [3.05, 3.63) is 71.4 Å². The van der Waals surface area contributed by atoms with E-state index in [-0.39, 0.29) is 30.3 Å². The molecular formula is C26H28N4O5. The van der Waals surface area contributed by atoms with Crippen LogP contribution in [0.25, 0.3) is 11.1 Å². The molecule has 182 valence electrons. The summed E-state index contributed by atoms with van der Waals surface area (Å²) in [6.07, 6.45) is 1.87. The average Bonchev–Trinajstić information content (AvgIpc) is 3.35. The van der Waals surface area contributed by atoms with Gasteiger partial charge in [0.25, 0.3) is 0 Å². The summed E-state index contributed by atoms with van der Waals surface area (Å²) in [5.41, 5.74) is 4.44. The van der Waals surface area contributed by atoms with Gasteiger partial charge in [-0.05, 0) is 28.7 Å². The number of nitrogens with one attached hydrogen (secondary N) is 2. The molecule has 4 rings (SSSR count). The van der Waals surface area contributed by atoms with Crippen LogP contribution in [0.3, 0.4) is 0 Å². The summed E-state index contributed by atoms with van der Waals surface area (Å²) in [7, 11) is 1.54. The molecule has 3 N–H and O–H groups in total. The van der Waals surface area contributed by atoms with Crippen molar-refractivity contribution in [1.82, 2.24) is 15.1 Å². The van der Waals surface area contributed by atoms with E-state index in [9.17, 15) is 19.5 Å². The second kappa shape index (κ2) is 10.4. The van der Waals surface area contributed by atoms with Gasteiger partial charge in [-0.25, -0.2) is 9.59 Å². The fourth-order valence-corrected chi connectivity index (χ4v) is 4.53. The molecule has 35 heavy (non-hydrogen) atoms. The number of rotatable bonds is 9. The van der Waals surface area contributed by atoms with Gasteiger partial charge in [0.1, 0.15) is 18.0 Å². The maximum Gasteiger partial charge on any atom is 0.407 e. The Balaban J connectivity index is 1.37. The number of fused-ring (bicyclic) bond motifs is 3. The smallest absolute Gasteiger partial charge is 0.407 e. The summed E-state index contributed by atoms with van der Waals surface area (Å²) in [5, 5.41) is 18.5. The van der Waals surface area contributed by atoms with Crippen LogP contribution >= 0.6 is 0 Å². The molecule has 9 nitrogen and oxygen atoms in total. The summed E-state index contributed by atoms with van der Waals surface area (Å²) >= 11 is 0. The highest BCUT2D eigenvalue weighted by molar-refractivity contribution is 5.99. The van der Waals surface area contributed by atoms with Crippen LogP contribution in [0.5, 0.6) is 0 Å². The lowest BCUT2D eigenvalue weighted by atomic mass is 9.98. The Labute approximate surface area is 203 Å². The Kier molecular flexibility index (Phi) is 7.14. The quantitative estimate of drug-likeness (QED) is 0.426. The fraction of sp³-hybridized carbons (Fsp3) is 0.308. The van der Waals surface area contributed by atoms with E-state index in [1.807, 2.05) is 31.2 Å². The summed E-state index contributed by atoms with van der Waals surface area (Å²) in [5.74, 6) is -1.57. The molecule has 0 saturated heterocycles. The minimum Gasteiger partial charge on any atom is -0.477 e. The number of amides is 2. The molecule has 0 spiro atoms. The zero-order valence-corrected chi connectivity index (χ0v) is 19.7. The van der Waals surface area contributed by atoms with E-state index in [0.717, 1.165) is 28.7 Å². The Morgan fingerprint density at radius 3 is 2.31 bits per heavy atom. The van der Waals surface area contributed by atoms with E-state index in [0.29, 0.717) is 6.42 Å². The first kappa shape index (κ1) is 24.0. The molecule has 1 atom stereocenters. The first-order valence-electron chi connectivity index (χ1n) is 11.6. The molecule has 9 heteroatoms. The number of hydrogen-bond acceptors (Lipinski definition) is 5. The highest BCUT2D eigenvalue weighted by Crippen LogP contribution is 2.44. The van der Waals surface area contributed by atoms with E-state index < -0.39 is 24.0 Å². The van der Waals surface area contributed by atoms with Gasteiger partial charge in [0, 0.05) is 25.4 Å². The fourth-order valence-electron chi connectivity index (χ4n) is 4.53. The SMILES string of the molecule is CCCC(CC(=O)Nc1c(C(=O)O)cnn1C)NC(=O)OCC1c2ccccc2-c2ccccc21. The Hall–Kier alpha value is -4.14. The van der Waals surface area contributed by atoms with Gasteiger partial charge in [0.2, 0.25) is 5.91 Å². The summed E-state index contributed by atoms with van der Waals surface area (Å²) < 4.78 is 6.89. The summed E-state index contributed by atoms with van der Waals surface area (Å²) in [6, 6.07) is 15.7. The standard InChI is InChI=1S/C26H28N4O5/c1-3-8-16(13-23(31)29-24-21(25(32)33)14-27-30(24)2)28-26(34)35-15-22-19-11-6-4-9-17(19)18-10-5-7-12-20(18)22/h4-7,9-12,14,16,22H,3,8,13,15H2,1-2H3,(H,28,34)(H,29,31)(H,32,33). The minimum atomic E-state index is -1.18. The van der Waals surface area contributed by atoms with Gasteiger partial charge in [0.15, 0.2) is 0 Å². The number of ether oxygens (including phenoxy) is 1. The van der Waals surface area contributed by atoms with E-state index in [2.05, 4.69) is 40.0 Å². The molecule has 0 radical (unpaired) electrons. The number of aromatic nitrogens is 2. The van der Waals surface area contributed by atoms with Crippen LogP contribution in [0.4, 0.5) is 10.6 Å². The highest BCUT2D eigenvalue weighted by atomic mass is 16.5. The number of anilines is 1. The van der Waals surface area contributed by atoms with Crippen molar-refractivity contribution < 1.29 is 24.2 Å². The molecule has 1 heterocycles. The van der Waals surface area contributed by atoms with E-state index in [4.69, 9.17) is 4.74 Å². The first-order valence-corrected chi connectivity index (χ1v) is 11.6. The van der Waals surface area contributed by atoms with Crippen molar-refractivity contribution in [2.75, 3.05) is 11.9 Å². The Bertz CT molecular complexity index is 1210. The summed E-state index contributed by atoms with van der Waals surface area (Å²) in [6.45, 7) is 2.13. The number of carboxylic acid groups (broad SMARTS) is 1. The van der Waals surface area contributed by atoms with Crippen LogP contribution in [0.15, 0.2) is 54.7 Å². The third-order valence-electron chi connectivity index (χ3n) is 6.16. The number of hydrogen-bond donors (Lipinski definition) is 3. The van der Waals surface area contributed by atoms with Crippen molar-refractivity contribution in [1.29, 1.82) is 0 Å². The molecule has 0 bridgehead atoms. The van der Waals surface area contributed by atoms with Crippen molar-refractivity contribution in [2.45, 2.75) is 38.1 Å². The number of aryl methyl sites for hydroxylation is 1. The Morgan fingerprint density at radius 2 is 1.71 bits per heavy atom. The number of aromatic carboxylic acids is 1. The van der Waals surface area contributed by atoms with Crippen LogP contribution in [0, 0.1) is 0 Å². The van der Waals surface area contributed by atoms with E-state index in [1.54, 1.807) is 7.05 Å². The molecule has 3 aromatic rings. The van der Waals surface area contributed by atoms with Gasteiger partial charge in [-0.15, -0.1) is 0 Å². The Morgan fingerprint density at radius 1 is 1.09 bits per heavy atom. The van der Waals surface area contributed by atoms with Crippen molar-refractivity contribution in [3.8, 4) is 11.1 Å². The largest absolute Gasteiger partial charge is 0.477 e. The maximum atomic E-state index is 12.6. The van der Waals surface area contributed by atoms with Gasteiger partial charge in [-0.3, -0.25) is 9.48 Å². The lowest BCUT2D eigenvalue weighted by molar-refractivity contribution is -0.116. The second-order valence-electron chi connectivity index (χ2n) is 8.54. The van der Waals surface area contributed by atoms with Gasteiger partial charge in [-0.1, -0.05) is 61.9 Å². The number of alkyl carbamates (subject to hydrolysis) is 1. The van der Waals surface area contributed by atoms with Gasteiger partial charge in [-0.2, -0.15) is 5.10 Å². The second-order valence-corrected chi connectivity index (χ2v) is 8.54. The number of carbonyl (C=O) groups is 3. The maximum absolute atomic E-state index is 12.6. The van der Waals surface area contributed by atoms with Crippen molar-refractivity contribution in [3.63, 3.8) is 0 Å². The number of carboxylic acids is 1. The van der Waals surface area contributed by atoms with Crippen LogP contribution in [0.2, 0.25) is 0 Å². The third-order valence-corrected chi connectivity index (χ3v) is 6.16. The highest BCUT2D eigenvalue weighted by Gasteiger charge is 2.29. The lowest BCUT2D eigenvalue weighted by Crippen LogP contribution is -2.38. The topological polar surface area (TPSA) is 123 Å². The molecule has 1 aliphatic rings. The third kappa shape index (κ3) is 5.18. The number of benzene rings is 2. The molecule has 2 amide bonds. The molecule has 0 saturated carbocycles. The predicted molar refractivity (Wildman–Crippen MR) is 130 cm³/mol.